The van der Waals surface area contributed by atoms with Gasteiger partial charge in [0, 0.05) is 24.5 Å². The smallest absolute Gasteiger partial charge is 0.223 e. The minimum Gasteiger partial charge on any atom is -0.348 e. The zero-order chi connectivity index (χ0) is 12.2. The maximum atomic E-state index is 4.32. The first-order valence-corrected chi connectivity index (χ1v) is 5.69. The zero-order valence-electron chi connectivity index (χ0n) is 10.8. The summed E-state index contributed by atoms with van der Waals surface area (Å²) in [6.07, 6.45) is 3.77. The molecule has 0 aromatic carbocycles. The molecule has 4 heteroatoms. The fraction of sp³-hybridized carbons (Fsp3) is 0.667. The number of anilines is 1. The van der Waals surface area contributed by atoms with Gasteiger partial charge in [-0.05, 0) is 32.4 Å². The molecule has 0 amide bonds. The van der Waals surface area contributed by atoms with Crippen molar-refractivity contribution < 1.29 is 0 Å². The van der Waals surface area contributed by atoms with Gasteiger partial charge < -0.3 is 10.6 Å². The molecule has 1 aromatic heterocycles. The summed E-state index contributed by atoms with van der Waals surface area (Å²) >= 11 is 0. The highest BCUT2D eigenvalue weighted by atomic mass is 15.1. The Balaban J connectivity index is 2.68. The molecule has 1 rings (SSSR count). The van der Waals surface area contributed by atoms with Crippen molar-refractivity contribution in [1.82, 2.24) is 15.3 Å². The maximum absolute atomic E-state index is 4.32. The summed E-state index contributed by atoms with van der Waals surface area (Å²) in [4.78, 5) is 8.63. The molecule has 0 radical (unpaired) electrons. The summed E-state index contributed by atoms with van der Waals surface area (Å²) in [6, 6.07) is 0. The number of nitrogens with zero attached hydrogens (tertiary/aromatic N) is 2. The van der Waals surface area contributed by atoms with Gasteiger partial charge >= 0.3 is 0 Å². The molecule has 1 heterocycles. The first kappa shape index (κ1) is 12.9. The average Bonchev–Trinajstić information content (AvgIpc) is 2.17. The maximum Gasteiger partial charge on any atom is 0.223 e. The molecular formula is C12H22N4. The monoisotopic (exact) mass is 222 g/mol. The molecule has 0 saturated carbocycles. The molecule has 16 heavy (non-hydrogen) atoms. The van der Waals surface area contributed by atoms with E-state index in [0.717, 1.165) is 12.1 Å². The number of hydrogen-bond donors (Lipinski definition) is 2. The third-order valence-corrected chi connectivity index (χ3v) is 2.41. The second kappa shape index (κ2) is 5.25. The molecule has 0 fully saturated rings. The normalized spacial score (nSPS) is 11.9. The molecule has 0 aliphatic heterocycles. The summed E-state index contributed by atoms with van der Waals surface area (Å²) in [6.45, 7) is 9.36. The van der Waals surface area contributed by atoms with Crippen LogP contribution in [0.1, 0.15) is 39.2 Å². The summed E-state index contributed by atoms with van der Waals surface area (Å²) in [5.74, 6) is 1.16. The van der Waals surface area contributed by atoms with Gasteiger partial charge in [0.25, 0.3) is 0 Å². The van der Waals surface area contributed by atoms with Gasteiger partial charge in [-0.25, -0.2) is 9.97 Å². The van der Waals surface area contributed by atoms with E-state index in [0.29, 0.717) is 11.9 Å². The van der Waals surface area contributed by atoms with Crippen molar-refractivity contribution in [2.24, 2.45) is 0 Å². The number of hydrogen-bond acceptors (Lipinski definition) is 4. The summed E-state index contributed by atoms with van der Waals surface area (Å²) in [5, 5.41) is 6.44. The molecule has 90 valence electrons. The fourth-order valence-electron chi connectivity index (χ4n) is 1.49. The zero-order valence-corrected chi connectivity index (χ0v) is 10.8. The third kappa shape index (κ3) is 3.77. The van der Waals surface area contributed by atoms with Crippen molar-refractivity contribution in [2.45, 2.75) is 39.2 Å². The van der Waals surface area contributed by atoms with E-state index in [9.17, 15) is 0 Å². The van der Waals surface area contributed by atoms with Crippen LogP contribution in [0.4, 0.5) is 5.95 Å². The highest BCUT2D eigenvalue weighted by Gasteiger charge is 2.17. The second-order valence-corrected chi connectivity index (χ2v) is 5.03. The van der Waals surface area contributed by atoms with Gasteiger partial charge in [-0.1, -0.05) is 13.8 Å². The van der Waals surface area contributed by atoms with E-state index in [2.05, 4.69) is 48.3 Å². The summed E-state index contributed by atoms with van der Waals surface area (Å²) in [5.41, 5.74) is 1.12. The van der Waals surface area contributed by atoms with Crippen LogP contribution in [0.5, 0.6) is 0 Å². The summed E-state index contributed by atoms with van der Waals surface area (Å²) in [7, 11) is 1.94. The lowest BCUT2D eigenvalue weighted by Gasteiger charge is -2.25. The van der Waals surface area contributed by atoms with Crippen molar-refractivity contribution in [2.75, 3.05) is 18.9 Å². The Bertz CT molecular complexity index is 316. The Hall–Kier alpha value is -1.16. The van der Waals surface area contributed by atoms with Crippen molar-refractivity contribution in [1.29, 1.82) is 0 Å². The minimum atomic E-state index is -0.0475. The Morgan fingerprint density at radius 3 is 2.25 bits per heavy atom. The predicted octanol–water partition coefficient (Wildman–Crippen LogP) is 2.01. The summed E-state index contributed by atoms with van der Waals surface area (Å²) < 4.78 is 0. The van der Waals surface area contributed by atoms with E-state index in [4.69, 9.17) is 0 Å². The van der Waals surface area contributed by atoms with Crippen LogP contribution in [0.15, 0.2) is 12.4 Å². The lowest BCUT2D eigenvalue weighted by atomic mass is 10.1. The Morgan fingerprint density at radius 1 is 1.25 bits per heavy atom. The van der Waals surface area contributed by atoms with E-state index >= 15 is 0 Å². The lowest BCUT2D eigenvalue weighted by Crippen LogP contribution is -2.41. The van der Waals surface area contributed by atoms with Gasteiger partial charge in [0.1, 0.15) is 0 Å². The molecular weight excluding hydrogens is 200 g/mol. The molecule has 0 saturated heterocycles. The van der Waals surface area contributed by atoms with Crippen LogP contribution in [0.25, 0.3) is 0 Å². The third-order valence-electron chi connectivity index (χ3n) is 2.41. The van der Waals surface area contributed by atoms with Gasteiger partial charge in [-0.2, -0.15) is 0 Å². The fourth-order valence-corrected chi connectivity index (χ4v) is 1.49. The van der Waals surface area contributed by atoms with E-state index in [1.807, 2.05) is 19.4 Å². The van der Waals surface area contributed by atoms with E-state index in [-0.39, 0.29) is 5.54 Å². The molecule has 0 bridgehead atoms. The first-order chi connectivity index (χ1) is 7.44. The van der Waals surface area contributed by atoms with Crippen LogP contribution < -0.4 is 10.6 Å². The SMILES string of the molecule is CNCC(C)(C)Nc1ncc(C(C)C)cn1. The van der Waals surface area contributed by atoms with Crippen molar-refractivity contribution in [3.8, 4) is 0 Å². The molecule has 0 spiro atoms. The van der Waals surface area contributed by atoms with Gasteiger partial charge in [0.05, 0.1) is 0 Å². The lowest BCUT2D eigenvalue weighted by molar-refractivity contribution is 0.526. The minimum absolute atomic E-state index is 0.0475. The Kier molecular flexibility index (Phi) is 4.24. The molecule has 1 aromatic rings. The van der Waals surface area contributed by atoms with Gasteiger partial charge in [0.2, 0.25) is 5.95 Å². The topological polar surface area (TPSA) is 49.8 Å². The van der Waals surface area contributed by atoms with Gasteiger partial charge in [0.15, 0.2) is 0 Å². The molecule has 0 unspecified atom stereocenters. The molecule has 4 nitrogen and oxygen atoms in total. The number of likely N-dealkylation sites (N-methyl/N-ethyl adjacent to an activating group) is 1. The van der Waals surface area contributed by atoms with Crippen LogP contribution in [0.3, 0.4) is 0 Å². The van der Waals surface area contributed by atoms with Gasteiger partial charge in [-0.3, -0.25) is 0 Å². The number of rotatable bonds is 5. The standard InChI is InChI=1S/C12H22N4/c1-9(2)10-6-14-11(15-7-10)16-12(3,4)8-13-5/h6-7,9,13H,8H2,1-5H3,(H,14,15,16). The van der Waals surface area contributed by atoms with Crippen LogP contribution in [0.2, 0.25) is 0 Å². The van der Waals surface area contributed by atoms with E-state index in [1.54, 1.807) is 0 Å². The van der Waals surface area contributed by atoms with Crippen LogP contribution >= 0.6 is 0 Å². The molecule has 0 aliphatic rings. The van der Waals surface area contributed by atoms with Gasteiger partial charge in [-0.15, -0.1) is 0 Å². The molecule has 0 aliphatic carbocycles. The molecule has 2 N–H and O–H groups in total. The predicted molar refractivity (Wildman–Crippen MR) is 67.7 cm³/mol. The van der Waals surface area contributed by atoms with Crippen molar-refractivity contribution in [3.63, 3.8) is 0 Å². The van der Waals surface area contributed by atoms with Crippen LogP contribution in [0, 0.1) is 0 Å². The van der Waals surface area contributed by atoms with Crippen molar-refractivity contribution in [3.05, 3.63) is 18.0 Å². The Morgan fingerprint density at radius 2 is 1.81 bits per heavy atom. The largest absolute Gasteiger partial charge is 0.348 e. The quantitative estimate of drug-likeness (QED) is 0.800. The van der Waals surface area contributed by atoms with Crippen LogP contribution in [-0.2, 0) is 0 Å². The highest BCUT2D eigenvalue weighted by Crippen LogP contribution is 2.14. The highest BCUT2D eigenvalue weighted by molar-refractivity contribution is 5.29. The number of nitrogens with one attached hydrogen (secondary N) is 2. The molecule has 0 atom stereocenters. The average molecular weight is 222 g/mol. The van der Waals surface area contributed by atoms with E-state index in [1.165, 1.54) is 0 Å². The van der Waals surface area contributed by atoms with Crippen LogP contribution in [-0.4, -0.2) is 29.1 Å². The Labute approximate surface area is 97.9 Å². The number of aromatic nitrogens is 2. The van der Waals surface area contributed by atoms with E-state index < -0.39 is 0 Å². The van der Waals surface area contributed by atoms with Crippen molar-refractivity contribution >= 4 is 5.95 Å². The first-order valence-electron chi connectivity index (χ1n) is 5.69. The second-order valence-electron chi connectivity index (χ2n) is 5.03.